The molecule has 10 heterocycles. The van der Waals surface area contributed by atoms with Crippen molar-refractivity contribution in [2.45, 2.75) is 43.1 Å². The van der Waals surface area contributed by atoms with E-state index in [-0.39, 0.29) is 22.6 Å². The summed E-state index contributed by atoms with van der Waals surface area (Å²) in [5, 5.41) is 40.5. The number of aliphatic carboxylic acids is 4. The minimum atomic E-state index is -6.23. The molecule has 0 radical (unpaired) electrons. The molecule has 4 unspecified atom stereocenters. The molecule has 10 fully saturated rings. The minimum absolute atomic E-state index is 0.0900. The second-order valence-electron chi connectivity index (χ2n) is 11.1. The molecule has 0 aromatic heterocycles. The van der Waals surface area contributed by atoms with Crippen molar-refractivity contribution in [1.82, 2.24) is 0 Å². The molecule has 122 valence electrons. The van der Waals surface area contributed by atoms with Crippen molar-refractivity contribution in [3.8, 4) is 0 Å². The normalized spacial score (nSPS) is 100. The fraction of sp³-hybridized carbons (Fsp3) is 0.714. The molecular weight excluding hydrogens is 397 g/mol. The van der Waals surface area contributed by atoms with Gasteiger partial charge in [0.1, 0.15) is 0 Å². The van der Waals surface area contributed by atoms with Crippen molar-refractivity contribution in [3.63, 3.8) is 0 Å². The van der Waals surface area contributed by atoms with Crippen molar-refractivity contribution < 1.29 is 47.3 Å². The summed E-state index contributed by atoms with van der Waals surface area (Å²) in [4.78, 5) is 49.7. The average molecular weight is 407 g/mol. The Kier molecular flexibility index (Phi) is 0.347. The number of rotatable bonds is 4. The fourth-order valence-electron chi connectivity index (χ4n) is 19.7. The SMILES string of the molecule is O=C(O)[C]12[CH]3[C]4(C(=O)O)[C]5(C(=O)O)[C]1(C(=O)O)[Ru]32451678[CH]2[CH]1[CH]6[CH]7[CH]28. The molecule has 4 N–H and O–H groups in total. The number of carbonyl (C=O) groups is 4. The number of hydrogen-bond donors (Lipinski definition) is 4. The summed E-state index contributed by atoms with van der Waals surface area (Å²) in [6.07, 6.45) is 0. The third kappa shape index (κ3) is 0.0912. The molecule has 0 aromatic carbocycles. The monoisotopic (exact) mass is 408 g/mol. The number of fused-ring (bicyclic) bond motifs is 10. The van der Waals surface area contributed by atoms with Gasteiger partial charge in [0.05, 0.1) is 0 Å². The van der Waals surface area contributed by atoms with Gasteiger partial charge in [-0.1, -0.05) is 0 Å². The Balaban J connectivity index is 1.69. The van der Waals surface area contributed by atoms with Crippen LogP contribution in [0.1, 0.15) is 0 Å². The number of hydrogen-bond acceptors (Lipinski definition) is 4. The molecule has 10 aliphatic heterocycles. The van der Waals surface area contributed by atoms with Crippen LogP contribution >= 0.6 is 0 Å². The van der Waals surface area contributed by atoms with Crippen LogP contribution in [0.2, 0.25) is 43.1 Å². The van der Waals surface area contributed by atoms with Crippen molar-refractivity contribution in [2.75, 3.05) is 0 Å². The Morgan fingerprint density at radius 3 is 1.09 bits per heavy atom. The van der Waals surface area contributed by atoms with E-state index in [1.165, 1.54) is 0 Å². The Hall–Kier alpha value is -1.50. The maximum atomic E-state index is 12.5. The predicted molar refractivity (Wildman–Crippen MR) is 63.8 cm³/mol. The predicted octanol–water partition coefficient (Wildman–Crippen LogP) is 1.19. The van der Waals surface area contributed by atoms with E-state index < -0.39 is 52.1 Å². The second-order valence-corrected chi connectivity index (χ2v) is 46.6. The molecule has 0 aromatic rings. The van der Waals surface area contributed by atoms with Gasteiger partial charge in [-0.3, -0.25) is 0 Å². The molecular formula is C14H10O8Ru. The van der Waals surface area contributed by atoms with E-state index in [9.17, 15) is 39.6 Å². The van der Waals surface area contributed by atoms with Gasteiger partial charge in [-0.2, -0.15) is 0 Å². The van der Waals surface area contributed by atoms with Gasteiger partial charge >= 0.3 is 114 Å². The van der Waals surface area contributed by atoms with Crippen LogP contribution < -0.4 is 0 Å². The van der Waals surface area contributed by atoms with Crippen LogP contribution in [-0.2, 0) is 26.9 Å². The summed E-state index contributed by atoms with van der Waals surface area (Å²) in [6, 6.07) is 0. The summed E-state index contributed by atoms with van der Waals surface area (Å²) in [5.74, 6) is -4.91. The Bertz CT molecular complexity index is 1300. The molecule has 0 aliphatic carbocycles. The summed E-state index contributed by atoms with van der Waals surface area (Å²) in [5.41, 5.74) is 0. The van der Waals surface area contributed by atoms with Gasteiger partial charge < -0.3 is 0 Å². The molecule has 0 saturated carbocycles. The van der Waals surface area contributed by atoms with E-state index in [1.54, 1.807) is 0 Å². The Labute approximate surface area is 114 Å². The van der Waals surface area contributed by atoms with Gasteiger partial charge in [0, 0.05) is 0 Å². The molecule has 9 heteroatoms. The Morgan fingerprint density at radius 1 is 0.609 bits per heavy atom. The van der Waals surface area contributed by atoms with Crippen LogP contribution in [0.25, 0.3) is 0 Å². The van der Waals surface area contributed by atoms with Crippen LogP contribution in [0.15, 0.2) is 0 Å². The van der Waals surface area contributed by atoms with Crippen LogP contribution in [0.5, 0.6) is 0 Å². The molecule has 23 heavy (non-hydrogen) atoms. The third-order valence-corrected chi connectivity index (χ3v) is 84.7. The molecule has 10 saturated heterocycles. The van der Waals surface area contributed by atoms with E-state index in [2.05, 4.69) is 0 Å². The maximum absolute atomic E-state index is 12.5. The summed E-state index contributed by atoms with van der Waals surface area (Å²) in [7, 11) is -6.23. The first-order valence-electron chi connectivity index (χ1n) is 7.64. The van der Waals surface area contributed by atoms with Crippen LogP contribution in [0.4, 0.5) is 0 Å². The van der Waals surface area contributed by atoms with Crippen molar-refractivity contribution in [1.29, 1.82) is 0 Å². The van der Waals surface area contributed by atoms with E-state index in [4.69, 9.17) is 0 Å². The van der Waals surface area contributed by atoms with Gasteiger partial charge in [-0.05, 0) is 0 Å². The van der Waals surface area contributed by atoms with Crippen LogP contribution in [0.3, 0.4) is 0 Å². The standard InChI is InChI=1S/C9H5O8.C5H5.Ru/c10-6(11)2-1-3(7(12)13)5(9(16)17)4(2)8(14)15;1-2-4-5-3-1;/h1H,(H,10,11)(H,12,13)(H,14,15)(H,16,17);1-5H;. The Morgan fingerprint density at radius 2 is 0.913 bits per heavy atom. The molecule has 0 amide bonds. The van der Waals surface area contributed by atoms with Gasteiger partial charge in [-0.15, -0.1) is 0 Å². The van der Waals surface area contributed by atoms with Crippen molar-refractivity contribution >= 4 is 23.9 Å². The summed E-state index contributed by atoms with van der Waals surface area (Å²) in [6.45, 7) is 0. The van der Waals surface area contributed by atoms with Gasteiger partial charge in [-0.25, -0.2) is 0 Å². The summed E-state index contributed by atoms with van der Waals surface area (Å²) >= 11 is 0. The molecule has 10 aliphatic rings. The first-order chi connectivity index (χ1) is 10.5. The van der Waals surface area contributed by atoms with E-state index >= 15 is 0 Å². The quantitative estimate of drug-likeness (QED) is 0.508. The zero-order valence-corrected chi connectivity index (χ0v) is 13.0. The molecule has 8 nitrogen and oxygen atoms in total. The van der Waals surface area contributed by atoms with Gasteiger partial charge in [0.25, 0.3) is 0 Å². The molecule has 0 bridgehead atoms. The first kappa shape index (κ1) is 9.72. The van der Waals surface area contributed by atoms with E-state index in [1.807, 2.05) is 0 Å². The molecule has 10 rings (SSSR count). The third-order valence-electron chi connectivity index (χ3n) is 16.4. The van der Waals surface area contributed by atoms with Crippen LogP contribution in [-0.4, -0.2) is 44.3 Å². The zero-order valence-electron chi connectivity index (χ0n) is 11.2. The first-order valence-corrected chi connectivity index (χ1v) is 17.1. The van der Waals surface area contributed by atoms with Crippen molar-refractivity contribution in [2.24, 2.45) is 0 Å². The van der Waals surface area contributed by atoms with Crippen molar-refractivity contribution in [3.05, 3.63) is 0 Å². The van der Waals surface area contributed by atoms with E-state index in [0.29, 0.717) is 0 Å². The number of carboxylic acid groups (broad SMARTS) is 4. The van der Waals surface area contributed by atoms with E-state index in [0.717, 1.165) is 0 Å². The average Bonchev–Trinajstić information content (AvgIpc) is 3.38. The van der Waals surface area contributed by atoms with Crippen LogP contribution in [0, 0.1) is 0 Å². The van der Waals surface area contributed by atoms with Gasteiger partial charge in [0.15, 0.2) is 0 Å². The van der Waals surface area contributed by atoms with Gasteiger partial charge in [0.2, 0.25) is 0 Å². The zero-order chi connectivity index (χ0) is 16.1. The summed E-state index contributed by atoms with van der Waals surface area (Å²) < 4.78 is -7.21. The fourth-order valence-corrected chi connectivity index (χ4v) is 156. The molecule has 4 atom stereocenters. The topological polar surface area (TPSA) is 149 Å². The number of carboxylic acids is 4. The second kappa shape index (κ2) is 0.820. The molecule has 1 spiro atoms.